The molecule has 0 saturated heterocycles. The van der Waals surface area contributed by atoms with Crippen LogP contribution in [0.25, 0.3) is 27.5 Å². The van der Waals surface area contributed by atoms with Crippen LogP contribution in [0.15, 0.2) is 76.7 Å². The van der Waals surface area contributed by atoms with Gasteiger partial charge in [-0.3, -0.25) is 14.2 Å². The van der Waals surface area contributed by atoms with Crippen molar-refractivity contribution in [2.24, 2.45) is 0 Å². The zero-order valence-electron chi connectivity index (χ0n) is 18.3. The maximum absolute atomic E-state index is 13.8. The third-order valence-corrected chi connectivity index (χ3v) is 6.14. The summed E-state index contributed by atoms with van der Waals surface area (Å²) in [5, 5.41) is 13.7. The van der Waals surface area contributed by atoms with Gasteiger partial charge in [0, 0.05) is 23.3 Å². The number of aromatic carboxylic acids is 1. The summed E-state index contributed by atoms with van der Waals surface area (Å²) in [5.41, 5.74) is 0.318. The third kappa shape index (κ3) is 3.71. The molecule has 3 aromatic heterocycles. The quantitative estimate of drug-likeness (QED) is 0.339. The van der Waals surface area contributed by atoms with Gasteiger partial charge < -0.3 is 15.4 Å². The van der Waals surface area contributed by atoms with Gasteiger partial charge in [-0.05, 0) is 25.1 Å². The van der Waals surface area contributed by atoms with Crippen LogP contribution in [0.5, 0.6) is 0 Å². The minimum atomic E-state index is -1.23. The molecular weight excluding hydrogens is 470 g/mol. The lowest BCUT2D eigenvalue weighted by atomic mass is 10.0. The number of fused-ring (bicyclic) bond motifs is 2. The number of para-hydroxylation sites is 1. The van der Waals surface area contributed by atoms with Gasteiger partial charge in [0.1, 0.15) is 23.2 Å². The molecule has 3 heterocycles. The number of aromatic nitrogens is 4. The molecule has 0 aliphatic carbocycles. The highest BCUT2D eigenvalue weighted by Gasteiger charge is 2.25. The first kappa shape index (κ1) is 22.3. The average Bonchev–Trinajstić information content (AvgIpc) is 2.86. The topological polar surface area (TPSA) is 130 Å². The number of carboxylic acid groups (broad SMARTS) is 1. The zero-order valence-corrected chi connectivity index (χ0v) is 19.1. The van der Waals surface area contributed by atoms with Gasteiger partial charge >= 0.3 is 5.97 Å². The van der Waals surface area contributed by atoms with E-state index in [0.29, 0.717) is 22.4 Å². The number of pyridine rings is 2. The fourth-order valence-electron chi connectivity index (χ4n) is 4.21. The first-order valence-electron chi connectivity index (χ1n) is 10.6. The number of benzene rings is 2. The van der Waals surface area contributed by atoms with Crippen molar-refractivity contribution in [3.8, 4) is 5.69 Å². The fourth-order valence-corrected chi connectivity index (χ4v) is 4.61. The molecule has 0 spiro atoms. The molecule has 10 heteroatoms. The Kier molecular flexibility index (Phi) is 5.54. The summed E-state index contributed by atoms with van der Waals surface area (Å²) in [7, 11) is 0. The van der Waals surface area contributed by atoms with Gasteiger partial charge in [-0.25, -0.2) is 14.8 Å². The Balaban J connectivity index is 1.80. The van der Waals surface area contributed by atoms with E-state index in [2.05, 4.69) is 20.3 Å². The second-order valence-corrected chi connectivity index (χ2v) is 8.24. The summed E-state index contributed by atoms with van der Waals surface area (Å²) >= 11 is 6.86. The lowest BCUT2D eigenvalue weighted by Crippen LogP contribution is -2.27. The standard InChI is InChI=1S/C25H18ClN5O4/c1-13(30-23-19-17(32)10-11-27-22(19)28-12-29-23)21-20(26)15-8-5-9-16(25(34)35)18(15)24(33)31(21)14-6-3-2-4-7-14/h2-13H,1H3,(H,34,35)(H2,27,28,29,30,32)/t13-/m0/s1. The largest absolute Gasteiger partial charge is 0.478 e. The Hall–Kier alpha value is -4.50. The van der Waals surface area contributed by atoms with Gasteiger partial charge in [0.05, 0.1) is 27.7 Å². The lowest BCUT2D eigenvalue weighted by Gasteiger charge is -2.23. The van der Waals surface area contributed by atoms with E-state index in [1.54, 1.807) is 49.4 Å². The Morgan fingerprint density at radius 3 is 2.57 bits per heavy atom. The fraction of sp³-hybridized carbons (Fsp3) is 0.0800. The van der Waals surface area contributed by atoms with Gasteiger partial charge in [-0.15, -0.1) is 0 Å². The number of nitrogens with one attached hydrogen (secondary N) is 2. The van der Waals surface area contributed by atoms with E-state index < -0.39 is 17.6 Å². The van der Waals surface area contributed by atoms with Gasteiger partial charge in [-0.2, -0.15) is 0 Å². The molecule has 174 valence electrons. The van der Waals surface area contributed by atoms with Crippen molar-refractivity contribution in [3.63, 3.8) is 0 Å². The van der Waals surface area contributed by atoms with Crippen LogP contribution in [-0.2, 0) is 0 Å². The highest BCUT2D eigenvalue weighted by Crippen LogP contribution is 2.34. The van der Waals surface area contributed by atoms with Gasteiger partial charge in [0.2, 0.25) is 0 Å². The Bertz CT molecular complexity index is 1730. The van der Waals surface area contributed by atoms with Crippen molar-refractivity contribution in [2.75, 3.05) is 5.32 Å². The van der Waals surface area contributed by atoms with Crippen LogP contribution in [0.3, 0.4) is 0 Å². The summed E-state index contributed by atoms with van der Waals surface area (Å²) < 4.78 is 1.39. The molecular formula is C25H18ClN5O4. The number of H-pyrrole nitrogens is 1. The second kappa shape index (κ2) is 8.69. The Labute approximate surface area is 202 Å². The summed E-state index contributed by atoms with van der Waals surface area (Å²) in [5.74, 6) is -0.958. The number of carbonyl (C=O) groups is 1. The van der Waals surface area contributed by atoms with Gasteiger partial charge in [0.25, 0.3) is 5.56 Å². The van der Waals surface area contributed by atoms with Crippen molar-refractivity contribution in [1.29, 1.82) is 0 Å². The number of halogens is 1. The van der Waals surface area contributed by atoms with E-state index in [9.17, 15) is 19.5 Å². The molecule has 0 amide bonds. The number of hydrogen-bond acceptors (Lipinski definition) is 6. The highest BCUT2D eigenvalue weighted by atomic mass is 35.5. The zero-order chi connectivity index (χ0) is 24.7. The van der Waals surface area contributed by atoms with Crippen LogP contribution >= 0.6 is 11.6 Å². The summed E-state index contributed by atoms with van der Waals surface area (Å²) in [6, 6.07) is 14.1. The predicted octanol–water partition coefficient (Wildman–Crippen LogP) is 4.15. The molecule has 0 fully saturated rings. The molecule has 0 bridgehead atoms. The van der Waals surface area contributed by atoms with Gasteiger partial charge in [-0.1, -0.05) is 41.9 Å². The Morgan fingerprint density at radius 1 is 1.06 bits per heavy atom. The summed E-state index contributed by atoms with van der Waals surface area (Å²) in [6.45, 7) is 1.78. The third-order valence-electron chi connectivity index (χ3n) is 5.74. The second-order valence-electron chi connectivity index (χ2n) is 7.86. The molecule has 2 aromatic carbocycles. The molecule has 35 heavy (non-hydrogen) atoms. The molecule has 5 rings (SSSR count). The lowest BCUT2D eigenvalue weighted by molar-refractivity contribution is 0.0699. The van der Waals surface area contributed by atoms with Crippen molar-refractivity contribution in [1.82, 2.24) is 19.5 Å². The molecule has 1 atom stereocenters. The van der Waals surface area contributed by atoms with E-state index in [0.717, 1.165) is 0 Å². The number of anilines is 1. The molecule has 9 nitrogen and oxygen atoms in total. The van der Waals surface area contributed by atoms with Crippen LogP contribution in [0.1, 0.15) is 29.0 Å². The minimum Gasteiger partial charge on any atom is -0.478 e. The van der Waals surface area contributed by atoms with Crippen LogP contribution < -0.4 is 16.3 Å². The molecule has 0 aliphatic heterocycles. The maximum atomic E-state index is 13.8. The first-order valence-corrected chi connectivity index (χ1v) is 11.0. The number of carboxylic acids is 1. The van der Waals surface area contributed by atoms with Gasteiger partial charge in [0.15, 0.2) is 5.43 Å². The predicted molar refractivity (Wildman–Crippen MR) is 134 cm³/mol. The average molecular weight is 488 g/mol. The van der Waals surface area contributed by atoms with Crippen molar-refractivity contribution in [3.05, 3.63) is 104 Å². The number of nitrogens with zero attached hydrogens (tertiary/aromatic N) is 3. The van der Waals surface area contributed by atoms with Crippen molar-refractivity contribution >= 4 is 45.2 Å². The molecule has 0 saturated carbocycles. The highest BCUT2D eigenvalue weighted by molar-refractivity contribution is 6.36. The number of aromatic amines is 1. The first-order chi connectivity index (χ1) is 16.9. The molecule has 0 radical (unpaired) electrons. The van der Waals surface area contributed by atoms with Crippen LogP contribution in [0, 0.1) is 0 Å². The molecule has 5 aromatic rings. The normalized spacial score (nSPS) is 12.1. The summed E-state index contributed by atoms with van der Waals surface area (Å²) in [6.07, 6.45) is 2.82. The SMILES string of the molecule is C[C@H](Nc1ncnc2[nH]ccc(=O)c12)c1c(Cl)c2cccc(C(=O)O)c2c(=O)n1-c1ccccc1. The van der Waals surface area contributed by atoms with E-state index in [1.807, 2.05) is 0 Å². The smallest absolute Gasteiger partial charge is 0.336 e. The van der Waals surface area contributed by atoms with Crippen molar-refractivity contribution in [2.45, 2.75) is 13.0 Å². The Morgan fingerprint density at radius 2 is 1.83 bits per heavy atom. The van der Waals surface area contributed by atoms with Crippen LogP contribution in [0.2, 0.25) is 5.02 Å². The van der Waals surface area contributed by atoms with Crippen molar-refractivity contribution < 1.29 is 9.90 Å². The van der Waals surface area contributed by atoms with E-state index in [1.165, 1.54) is 29.2 Å². The monoisotopic (exact) mass is 487 g/mol. The van der Waals surface area contributed by atoms with Crippen LogP contribution in [0.4, 0.5) is 5.82 Å². The van der Waals surface area contributed by atoms with E-state index in [4.69, 9.17) is 11.6 Å². The minimum absolute atomic E-state index is 0.00809. The number of rotatable bonds is 5. The summed E-state index contributed by atoms with van der Waals surface area (Å²) in [4.78, 5) is 49.5. The number of hydrogen-bond donors (Lipinski definition) is 3. The molecule has 3 N–H and O–H groups in total. The molecule has 0 unspecified atom stereocenters. The van der Waals surface area contributed by atoms with Crippen LogP contribution in [-0.4, -0.2) is 30.6 Å². The molecule has 0 aliphatic rings. The van der Waals surface area contributed by atoms with E-state index >= 15 is 0 Å². The van der Waals surface area contributed by atoms with E-state index in [-0.39, 0.29) is 32.6 Å². The maximum Gasteiger partial charge on any atom is 0.336 e.